The van der Waals surface area contributed by atoms with E-state index < -0.39 is 7.82 Å². The molecule has 0 aromatic carbocycles. The molecule has 0 saturated carbocycles. The van der Waals surface area contributed by atoms with Crippen LogP contribution in [0.25, 0.3) is 0 Å². The highest BCUT2D eigenvalue weighted by molar-refractivity contribution is 7.47. The van der Waals surface area contributed by atoms with Crippen LogP contribution in [0.2, 0.25) is 0 Å². The van der Waals surface area contributed by atoms with Crippen LogP contribution >= 0.6 is 7.82 Å². The van der Waals surface area contributed by atoms with Crippen molar-refractivity contribution in [1.29, 1.82) is 0 Å². The van der Waals surface area contributed by atoms with Gasteiger partial charge in [0.1, 0.15) is 0 Å². The molecular weight excluding hydrogens is 265 g/mol. The zero-order valence-electron chi connectivity index (χ0n) is 10.6. The maximum absolute atomic E-state index is 10.9. The van der Waals surface area contributed by atoms with Gasteiger partial charge in [0.2, 0.25) is 0 Å². The molecule has 3 N–H and O–H groups in total. The molecule has 0 radical (unpaired) electrons. The lowest BCUT2D eigenvalue weighted by atomic mass is 10.7. The Bertz CT molecular complexity index is 229. The van der Waals surface area contributed by atoms with Gasteiger partial charge in [-0.25, -0.2) is 4.57 Å². The quantitative estimate of drug-likeness (QED) is 0.353. The summed E-state index contributed by atoms with van der Waals surface area (Å²) in [6.07, 6.45) is 0. The minimum absolute atomic E-state index is 0.0127. The molecule has 0 aliphatic rings. The standard InChI is InChI=1S/C9H22NO7P/c1-13-18(11,12)17-9-8-16-7-6-15-5-4-14-3-2-10/h2-10H2,1H3,(H,11,12). The van der Waals surface area contributed by atoms with E-state index in [1.54, 1.807) is 0 Å². The van der Waals surface area contributed by atoms with Gasteiger partial charge < -0.3 is 24.8 Å². The molecule has 0 aliphatic heterocycles. The molecule has 1 unspecified atom stereocenters. The first-order valence-corrected chi connectivity index (χ1v) is 7.08. The summed E-state index contributed by atoms with van der Waals surface area (Å²) in [7, 11) is -2.79. The Labute approximate surface area is 107 Å². The monoisotopic (exact) mass is 287 g/mol. The molecule has 1 atom stereocenters. The fourth-order valence-corrected chi connectivity index (χ4v) is 1.30. The second kappa shape index (κ2) is 12.0. The molecule has 0 aromatic rings. The minimum Gasteiger partial charge on any atom is -0.378 e. The molecule has 18 heavy (non-hydrogen) atoms. The summed E-state index contributed by atoms with van der Waals surface area (Å²) in [6, 6.07) is 0. The number of ether oxygens (including phenoxy) is 3. The SMILES string of the molecule is COP(=O)(O)OCCOCCOCCOCCN. The summed E-state index contributed by atoms with van der Waals surface area (Å²) < 4.78 is 35.0. The largest absolute Gasteiger partial charge is 0.471 e. The van der Waals surface area contributed by atoms with E-state index in [1.807, 2.05) is 0 Å². The number of hydrogen-bond donors (Lipinski definition) is 2. The van der Waals surface area contributed by atoms with Crippen molar-refractivity contribution < 1.29 is 32.7 Å². The smallest absolute Gasteiger partial charge is 0.378 e. The Kier molecular flexibility index (Phi) is 12.0. The molecule has 0 rings (SSSR count). The first-order valence-electron chi connectivity index (χ1n) is 5.58. The highest BCUT2D eigenvalue weighted by Gasteiger charge is 2.17. The number of hydrogen-bond acceptors (Lipinski definition) is 7. The third kappa shape index (κ3) is 12.4. The van der Waals surface area contributed by atoms with Crippen LogP contribution in [0.1, 0.15) is 0 Å². The lowest BCUT2D eigenvalue weighted by molar-refractivity contribution is 0.00826. The van der Waals surface area contributed by atoms with E-state index >= 15 is 0 Å². The molecule has 9 heteroatoms. The van der Waals surface area contributed by atoms with Gasteiger partial charge >= 0.3 is 7.82 Å². The van der Waals surface area contributed by atoms with Crippen LogP contribution < -0.4 is 5.73 Å². The summed E-state index contributed by atoms with van der Waals surface area (Å²) in [5, 5.41) is 0. The van der Waals surface area contributed by atoms with E-state index in [0.29, 0.717) is 39.6 Å². The van der Waals surface area contributed by atoms with E-state index in [9.17, 15) is 4.57 Å². The molecule has 0 spiro atoms. The molecule has 0 heterocycles. The Morgan fingerprint density at radius 3 is 1.83 bits per heavy atom. The van der Waals surface area contributed by atoms with Crippen LogP contribution in [0.4, 0.5) is 0 Å². The van der Waals surface area contributed by atoms with Crippen molar-refractivity contribution in [3.63, 3.8) is 0 Å². The van der Waals surface area contributed by atoms with Crippen LogP contribution in [-0.4, -0.2) is 64.8 Å². The summed E-state index contributed by atoms with van der Waals surface area (Å²) in [4.78, 5) is 8.87. The predicted octanol–water partition coefficient (Wildman–Crippen LogP) is -0.242. The molecule has 110 valence electrons. The lowest BCUT2D eigenvalue weighted by Crippen LogP contribution is -2.14. The minimum atomic E-state index is -3.89. The Hall–Kier alpha value is -0.0500. The van der Waals surface area contributed by atoms with Gasteiger partial charge in [0.25, 0.3) is 0 Å². The average Bonchev–Trinajstić information content (AvgIpc) is 2.36. The topological polar surface area (TPSA) is 109 Å². The number of phosphoric ester groups is 1. The van der Waals surface area contributed by atoms with Crippen molar-refractivity contribution in [1.82, 2.24) is 0 Å². The van der Waals surface area contributed by atoms with E-state index in [4.69, 9.17) is 24.8 Å². The summed E-state index contributed by atoms with van der Waals surface area (Å²) >= 11 is 0. The van der Waals surface area contributed by atoms with E-state index in [2.05, 4.69) is 9.05 Å². The van der Waals surface area contributed by atoms with Gasteiger partial charge in [-0.2, -0.15) is 0 Å². The van der Waals surface area contributed by atoms with Crippen LogP contribution in [0.15, 0.2) is 0 Å². The average molecular weight is 287 g/mol. The summed E-state index contributed by atoms with van der Waals surface area (Å²) in [5.41, 5.74) is 5.23. The Morgan fingerprint density at radius 1 is 0.944 bits per heavy atom. The van der Waals surface area contributed by atoms with Crippen molar-refractivity contribution in [2.75, 3.05) is 59.9 Å². The maximum Gasteiger partial charge on any atom is 0.471 e. The molecule has 0 amide bonds. The number of phosphoric acid groups is 1. The van der Waals surface area contributed by atoms with Crippen molar-refractivity contribution in [3.05, 3.63) is 0 Å². The number of rotatable bonds is 13. The second-order valence-corrected chi connectivity index (χ2v) is 4.67. The van der Waals surface area contributed by atoms with Crippen LogP contribution in [0.3, 0.4) is 0 Å². The van der Waals surface area contributed by atoms with Gasteiger partial charge in [-0.1, -0.05) is 0 Å². The van der Waals surface area contributed by atoms with E-state index in [1.165, 1.54) is 0 Å². The Morgan fingerprint density at radius 2 is 1.39 bits per heavy atom. The van der Waals surface area contributed by atoms with Gasteiger partial charge in [0.15, 0.2) is 0 Å². The first-order chi connectivity index (χ1) is 8.62. The molecule has 0 aromatic heterocycles. The molecule has 0 aliphatic carbocycles. The zero-order valence-corrected chi connectivity index (χ0v) is 11.5. The highest BCUT2D eigenvalue weighted by Crippen LogP contribution is 2.41. The van der Waals surface area contributed by atoms with Crippen molar-refractivity contribution in [2.45, 2.75) is 0 Å². The molecule has 0 bridgehead atoms. The van der Waals surface area contributed by atoms with Gasteiger partial charge in [0, 0.05) is 13.7 Å². The second-order valence-electron chi connectivity index (χ2n) is 3.11. The summed E-state index contributed by atoms with van der Waals surface area (Å²) in [6.45, 7) is 2.99. The molecule has 0 fully saturated rings. The molecular formula is C9H22NO7P. The Balaban J connectivity index is 3.10. The molecule has 0 saturated heterocycles. The van der Waals surface area contributed by atoms with Crippen molar-refractivity contribution >= 4 is 7.82 Å². The zero-order chi connectivity index (χ0) is 13.7. The normalized spacial score (nSPS) is 14.6. The van der Waals surface area contributed by atoms with Gasteiger partial charge in [-0.05, 0) is 0 Å². The van der Waals surface area contributed by atoms with Crippen LogP contribution in [-0.2, 0) is 27.8 Å². The van der Waals surface area contributed by atoms with Gasteiger partial charge in [-0.15, -0.1) is 0 Å². The van der Waals surface area contributed by atoms with E-state index in [0.717, 1.165) is 7.11 Å². The summed E-state index contributed by atoms with van der Waals surface area (Å²) in [5.74, 6) is 0. The number of nitrogens with two attached hydrogens (primary N) is 1. The fourth-order valence-electron chi connectivity index (χ4n) is 0.889. The third-order valence-electron chi connectivity index (χ3n) is 1.72. The van der Waals surface area contributed by atoms with Crippen molar-refractivity contribution in [2.24, 2.45) is 5.73 Å². The van der Waals surface area contributed by atoms with Crippen LogP contribution in [0.5, 0.6) is 0 Å². The maximum atomic E-state index is 10.9. The van der Waals surface area contributed by atoms with Crippen LogP contribution in [0, 0.1) is 0 Å². The fraction of sp³-hybridized carbons (Fsp3) is 1.00. The predicted molar refractivity (Wildman–Crippen MR) is 64.3 cm³/mol. The first kappa shape index (κ1) is 17.9. The molecule has 8 nitrogen and oxygen atoms in total. The van der Waals surface area contributed by atoms with Crippen molar-refractivity contribution in [3.8, 4) is 0 Å². The van der Waals surface area contributed by atoms with E-state index in [-0.39, 0.29) is 13.2 Å². The third-order valence-corrected chi connectivity index (χ3v) is 2.69. The lowest BCUT2D eigenvalue weighted by Gasteiger charge is -2.09. The van der Waals surface area contributed by atoms with Gasteiger partial charge in [-0.3, -0.25) is 9.05 Å². The van der Waals surface area contributed by atoms with Gasteiger partial charge in [0.05, 0.1) is 46.2 Å². The highest BCUT2D eigenvalue weighted by atomic mass is 31.2.